The number of nitrogens with zero attached hydrogens (tertiary/aromatic N) is 1. The molecule has 2 aliphatic heterocycles. The van der Waals surface area contributed by atoms with Crippen LogP contribution in [-0.2, 0) is 14.8 Å². The molecule has 2 saturated heterocycles. The van der Waals surface area contributed by atoms with Gasteiger partial charge in [-0.15, -0.1) is 11.3 Å². The van der Waals surface area contributed by atoms with Gasteiger partial charge in [-0.2, -0.15) is 0 Å². The highest BCUT2D eigenvalue weighted by Crippen LogP contribution is 2.38. The Bertz CT molecular complexity index is 892. The lowest BCUT2D eigenvalue weighted by molar-refractivity contribution is 0.102. The summed E-state index contributed by atoms with van der Waals surface area (Å²) in [6.45, 7) is 0. The highest BCUT2D eigenvalue weighted by Gasteiger charge is 2.41. The van der Waals surface area contributed by atoms with Crippen LogP contribution in [0, 0.1) is 5.82 Å². The molecule has 2 N–H and O–H groups in total. The van der Waals surface area contributed by atoms with Crippen molar-refractivity contribution < 1.29 is 17.5 Å². The molecular formula is C15H15ClFN3O3S2. The number of halogens is 2. The lowest BCUT2D eigenvalue weighted by Gasteiger charge is -2.22. The number of aromatic nitrogens is 1. The third kappa shape index (κ3) is 3.33. The Kier molecular flexibility index (Phi) is 4.35. The standard InChI is InChI=1S/C15H15ClFN3O3S2/c16-9-6-14(25(21,22)20-15-18-3-4-24-15)10(17)7-11(9)19-12-5-8-1-2-13(12)23-8/h3-4,6-8,12-13,19H,1-2,5H2,(H,18,20). The largest absolute Gasteiger partial charge is 0.378 e. The third-order valence-corrected chi connectivity index (χ3v) is 6.90. The topological polar surface area (TPSA) is 80.3 Å². The second kappa shape index (κ2) is 6.39. The maximum Gasteiger partial charge on any atom is 0.266 e. The van der Waals surface area contributed by atoms with Crippen LogP contribution in [0.2, 0.25) is 5.02 Å². The Labute approximate surface area is 153 Å². The summed E-state index contributed by atoms with van der Waals surface area (Å²) in [7, 11) is -4.10. The smallest absolute Gasteiger partial charge is 0.266 e. The molecule has 0 spiro atoms. The van der Waals surface area contributed by atoms with E-state index in [1.54, 1.807) is 5.38 Å². The molecule has 2 aromatic rings. The number of rotatable bonds is 5. The molecule has 3 atom stereocenters. The van der Waals surface area contributed by atoms with Gasteiger partial charge in [-0.05, 0) is 31.4 Å². The molecule has 10 heteroatoms. The van der Waals surface area contributed by atoms with E-state index in [-0.39, 0.29) is 28.4 Å². The predicted octanol–water partition coefficient (Wildman–Crippen LogP) is 3.47. The lowest BCUT2D eigenvalue weighted by atomic mass is 9.95. The van der Waals surface area contributed by atoms with Crippen molar-refractivity contribution in [2.24, 2.45) is 0 Å². The van der Waals surface area contributed by atoms with E-state index in [2.05, 4.69) is 15.0 Å². The summed E-state index contributed by atoms with van der Waals surface area (Å²) in [4.78, 5) is 3.32. The van der Waals surface area contributed by atoms with Gasteiger partial charge in [-0.3, -0.25) is 4.72 Å². The Morgan fingerprint density at radius 1 is 1.36 bits per heavy atom. The van der Waals surface area contributed by atoms with E-state index in [0.29, 0.717) is 5.69 Å². The lowest BCUT2D eigenvalue weighted by Crippen LogP contribution is -2.30. The zero-order valence-electron chi connectivity index (χ0n) is 12.9. The highest BCUT2D eigenvalue weighted by molar-refractivity contribution is 7.93. The fourth-order valence-corrected chi connectivity index (χ4v) is 5.44. The van der Waals surface area contributed by atoms with E-state index in [1.807, 2.05) is 0 Å². The van der Waals surface area contributed by atoms with Crippen LogP contribution in [0.3, 0.4) is 0 Å². The highest BCUT2D eigenvalue weighted by atomic mass is 35.5. The van der Waals surface area contributed by atoms with Gasteiger partial charge in [0.05, 0.1) is 29.0 Å². The molecule has 2 aliphatic rings. The maximum absolute atomic E-state index is 14.5. The van der Waals surface area contributed by atoms with Crippen LogP contribution in [0.5, 0.6) is 0 Å². The minimum atomic E-state index is -4.10. The van der Waals surface area contributed by atoms with E-state index in [9.17, 15) is 12.8 Å². The van der Waals surface area contributed by atoms with Gasteiger partial charge in [0.2, 0.25) is 0 Å². The van der Waals surface area contributed by atoms with Crippen LogP contribution >= 0.6 is 22.9 Å². The Morgan fingerprint density at radius 2 is 2.20 bits per heavy atom. The van der Waals surface area contributed by atoms with Gasteiger partial charge in [-0.25, -0.2) is 17.8 Å². The zero-order valence-corrected chi connectivity index (χ0v) is 15.3. The fourth-order valence-electron chi connectivity index (χ4n) is 3.28. The quantitative estimate of drug-likeness (QED) is 0.799. The maximum atomic E-state index is 14.5. The summed E-state index contributed by atoms with van der Waals surface area (Å²) >= 11 is 7.30. The number of sulfonamides is 1. The molecular weight excluding hydrogens is 389 g/mol. The van der Waals surface area contributed by atoms with Gasteiger partial charge in [0.25, 0.3) is 10.0 Å². The van der Waals surface area contributed by atoms with Crippen LogP contribution in [-0.4, -0.2) is 31.7 Å². The molecule has 2 bridgehead atoms. The Balaban J connectivity index is 1.57. The summed E-state index contributed by atoms with van der Waals surface area (Å²) in [6.07, 6.45) is 4.65. The van der Waals surface area contributed by atoms with E-state index >= 15 is 0 Å². The monoisotopic (exact) mass is 403 g/mol. The van der Waals surface area contributed by atoms with E-state index in [0.717, 1.165) is 42.7 Å². The van der Waals surface area contributed by atoms with Crippen molar-refractivity contribution in [1.29, 1.82) is 0 Å². The summed E-state index contributed by atoms with van der Waals surface area (Å²) in [5.74, 6) is -0.875. The van der Waals surface area contributed by atoms with E-state index in [1.165, 1.54) is 6.20 Å². The third-order valence-electron chi connectivity index (χ3n) is 4.41. The predicted molar refractivity (Wildman–Crippen MR) is 94.3 cm³/mol. The number of thiazole rings is 1. The average molecular weight is 404 g/mol. The van der Waals surface area contributed by atoms with Crippen LogP contribution < -0.4 is 10.0 Å². The van der Waals surface area contributed by atoms with Crippen molar-refractivity contribution in [2.45, 2.75) is 42.4 Å². The van der Waals surface area contributed by atoms with Crippen LogP contribution in [0.1, 0.15) is 19.3 Å². The van der Waals surface area contributed by atoms with Gasteiger partial charge >= 0.3 is 0 Å². The molecule has 2 fully saturated rings. The molecule has 1 aromatic heterocycles. The molecule has 1 aromatic carbocycles. The number of hydrogen-bond donors (Lipinski definition) is 2. The number of nitrogens with one attached hydrogen (secondary N) is 2. The summed E-state index contributed by atoms with van der Waals surface area (Å²) in [6, 6.07) is 2.29. The number of ether oxygens (including phenoxy) is 1. The summed E-state index contributed by atoms with van der Waals surface area (Å²) < 4.78 is 47.1. The number of anilines is 2. The molecule has 0 amide bonds. The molecule has 0 saturated carbocycles. The van der Waals surface area contributed by atoms with Crippen molar-refractivity contribution >= 4 is 43.8 Å². The van der Waals surface area contributed by atoms with Gasteiger partial charge in [-0.1, -0.05) is 11.6 Å². The first kappa shape index (κ1) is 17.0. The van der Waals surface area contributed by atoms with Crippen molar-refractivity contribution in [1.82, 2.24) is 4.98 Å². The van der Waals surface area contributed by atoms with Crippen LogP contribution in [0.25, 0.3) is 0 Å². The van der Waals surface area contributed by atoms with E-state index in [4.69, 9.17) is 16.3 Å². The van der Waals surface area contributed by atoms with Crippen molar-refractivity contribution in [2.75, 3.05) is 10.0 Å². The van der Waals surface area contributed by atoms with Gasteiger partial charge in [0.1, 0.15) is 10.7 Å². The van der Waals surface area contributed by atoms with Crippen molar-refractivity contribution in [3.05, 3.63) is 34.5 Å². The van der Waals surface area contributed by atoms with Gasteiger partial charge in [0, 0.05) is 11.6 Å². The van der Waals surface area contributed by atoms with Crippen LogP contribution in [0.15, 0.2) is 28.6 Å². The number of benzene rings is 1. The second-order valence-electron chi connectivity index (χ2n) is 6.07. The van der Waals surface area contributed by atoms with Crippen molar-refractivity contribution in [3.8, 4) is 0 Å². The number of hydrogen-bond acceptors (Lipinski definition) is 6. The minimum Gasteiger partial charge on any atom is -0.378 e. The minimum absolute atomic E-state index is 0.0616. The molecule has 3 unspecified atom stereocenters. The second-order valence-corrected chi connectivity index (χ2v) is 9.02. The average Bonchev–Trinajstić information content (AvgIpc) is 3.28. The molecule has 3 heterocycles. The Hall–Kier alpha value is -1.42. The van der Waals surface area contributed by atoms with E-state index < -0.39 is 20.7 Å². The number of fused-ring (bicyclic) bond motifs is 2. The normalized spacial score (nSPS) is 25.3. The zero-order chi connectivity index (χ0) is 17.6. The molecule has 4 rings (SSSR count). The first-order chi connectivity index (χ1) is 11.9. The summed E-state index contributed by atoms with van der Waals surface area (Å²) in [5.41, 5.74) is 0.369. The molecule has 25 heavy (non-hydrogen) atoms. The first-order valence-corrected chi connectivity index (χ1v) is 10.5. The molecule has 0 radical (unpaired) electrons. The summed E-state index contributed by atoms with van der Waals surface area (Å²) in [5, 5.41) is 5.11. The fraction of sp³-hybridized carbons (Fsp3) is 0.400. The van der Waals surface area contributed by atoms with Gasteiger partial charge < -0.3 is 10.1 Å². The van der Waals surface area contributed by atoms with Crippen molar-refractivity contribution in [3.63, 3.8) is 0 Å². The molecule has 6 nitrogen and oxygen atoms in total. The first-order valence-electron chi connectivity index (χ1n) is 7.76. The SMILES string of the molecule is O=S(=O)(Nc1nccs1)c1cc(Cl)c(NC2CC3CCC2O3)cc1F. The van der Waals surface area contributed by atoms with Gasteiger partial charge in [0.15, 0.2) is 5.13 Å². The van der Waals surface area contributed by atoms with Crippen LogP contribution in [0.4, 0.5) is 15.2 Å². The molecule has 134 valence electrons. The molecule has 0 aliphatic carbocycles. The Morgan fingerprint density at radius 3 is 2.84 bits per heavy atom.